The molecule has 12 nitrogen and oxygen atoms in total. The maximum absolute atomic E-state index is 9.16. The molecule has 0 aromatic heterocycles. The molecule has 0 saturated carbocycles. The van der Waals surface area contributed by atoms with Gasteiger partial charge in [0.05, 0.1) is 23.5 Å². The molecule has 1 heterocycles. The summed E-state index contributed by atoms with van der Waals surface area (Å²) in [6.45, 7) is 0. The molecule has 0 aromatic rings. The van der Waals surface area contributed by atoms with Crippen molar-refractivity contribution >= 4 is 34.3 Å². The number of fused-ring (bicyclic) bond motifs is 1. The summed E-state index contributed by atoms with van der Waals surface area (Å²) in [4.78, 5) is 16.1. The topological polar surface area (TPSA) is 240 Å². The zero-order chi connectivity index (χ0) is 22.3. The first-order chi connectivity index (χ1) is 14.4. The van der Waals surface area contributed by atoms with Gasteiger partial charge < -0.3 is 0 Å². The second-order valence-electron chi connectivity index (χ2n) is 5.38. The SMILES string of the molecule is N#CC(=N)/C(C#N)=N\C1=CC2N=C(C#N)C(C#N)=NC2C=C1/N=C(/C#N)C(=N)C#N. The molecule has 12 heteroatoms. The van der Waals surface area contributed by atoms with E-state index in [1.165, 1.54) is 24.3 Å². The Kier molecular flexibility index (Phi) is 6.15. The molecule has 0 radical (unpaired) electrons. The van der Waals surface area contributed by atoms with E-state index in [1.54, 1.807) is 24.3 Å². The van der Waals surface area contributed by atoms with Crippen molar-refractivity contribution < 1.29 is 0 Å². The standard InChI is InChI=1S/C18H6N12/c19-3-9(25)15(5-21)27-11-1-13-14(30-18(8-24)17(7-23)29-13)2-12(11)28-16(6-22)10(26)4-20/h1-2,13-14,25-26H/b25-9?,26-10?,27-15-,28-16-. The van der Waals surface area contributed by atoms with E-state index < -0.39 is 34.9 Å². The minimum atomic E-state index is -0.799. The normalized spacial score (nSPS) is 19.9. The largest absolute Gasteiger partial charge is 0.288 e. The van der Waals surface area contributed by atoms with Crippen LogP contribution in [0, 0.1) is 78.8 Å². The summed E-state index contributed by atoms with van der Waals surface area (Å²) >= 11 is 0. The summed E-state index contributed by atoms with van der Waals surface area (Å²) in [6, 6.07) is 8.06. The van der Waals surface area contributed by atoms with Crippen LogP contribution in [0.4, 0.5) is 0 Å². The van der Waals surface area contributed by atoms with Gasteiger partial charge in [0.1, 0.15) is 36.4 Å². The van der Waals surface area contributed by atoms with Crippen LogP contribution in [0.2, 0.25) is 0 Å². The monoisotopic (exact) mass is 390 g/mol. The first-order valence-corrected chi connectivity index (χ1v) is 7.78. The van der Waals surface area contributed by atoms with Gasteiger partial charge >= 0.3 is 0 Å². The maximum atomic E-state index is 9.16. The quantitative estimate of drug-likeness (QED) is 0.645. The number of hydrogen-bond acceptors (Lipinski definition) is 12. The fraction of sp³-hybridized carbons (Fsp3) is 0.111. The Bertz CT molecular complexity index is 1190. The summed E-state index contributed by atoms with van der Waals surface area (Å²) in [6.07, 6.45) is 2.68. The lowest BCUT2D eigenvalue weighted by molar-refractivity contribution is 0.684. The van der Waals surface area contributed by atoms with Crippen molar-refractivity contribution in [1.82, 2.24) is 0 Å². The number of nitrogens with one attached hydrogen (secondary N) is 2. The third kappa shape index (κ3) is 4.05. The fourth-order valence-electron chi connectivity index (χ4n) is 2.31. The highest BCUT2D eigenvalue weighted by Gasteiger charge is 2.30. The van der Waals surface area contributed by atoms with Crippen LogP contribution in [0.1, 0.15) is 0 Å². The van der Waals surface area contributed by atoms with Crippen molar-refractivity contribution in [2.45, 2.75) is 12.1 Å². The zero-order valence-electron chi connectivity index (χ0n) is 14.8. The van der Waals surface area contributed by atoms with Gasteiger partial charge in [0, 0.05) is 0 Å². The highest BCUT2D eigenvalue weighted by atomic mass is 15.0. The van der Waals surface area contributed by atoms with Crippen molar-refractivity contribution in [3.8, 4) is 36.4 Å². The van der Waals surface area contributed by atoms with Gasteiger partial charge in [-0.1, -0.05) is 0 Å². The van der Waals surface area contributed by atoms with Crippen molar-refractivity contribution in [1.29, 1.82) is 42.4 Å². The Morgan fingerprint density at radius 3 is 1.33 bits per heavy atom. The second-order valence-corrected chi connectivity index (χ2v) is 5.38. The number of hydrogen-bond donors (Lipinski definition) is 2. The lowest BCUT2D eigenvalue weighted by Crippen LogP contribution is -2.32. The molecule has 2 atom stereocenters. The molecule has 2 aliphatic rings. The van der Waals surface area contributed by atoms with Gasteiger partial charge in [-0.05, 0) is 12.2 Å². The molecule has 2 unspecified atom stereocenters. The van der Waals surface area contributed by atoms with E-state index in [0.717, 1.165) is 0 Å². The van der Waals surface area contributed by atoms with E-state index in [-0.39, 0.29) is 22.8 Å². The van der Waals surface area contributed by atoms with E-state index in [1.807, 2.05) is 0 Å². The Hall–Kier alpha value is -5.56. The summed E-state index contributed by atoms with van der Waals surface area (Å²) in [5, 5.41) is 69.3. The number of rotatable bonds is 4. The van der Waals surface area contributed by atoms with Gasteiger partial charge in [0.25, 0.3) is 0 Å². The predicted octanol–water partition coefficient (Wildman–Crippen LogP) is 0.464. The number of nitrogens with zero attached hydrogens (tertiary/aromatic N) is 10. The molecule has 0 saturated heterocycles. The fourth-order valence-corrected chi connectivity index (χ4v) is 2.31. The maximum Gasteiger partial charge on any atom is 0.176 e. The second kappa shape index (κ2) is 8.89. The molecule has 0 bridgehead atoms. The number of aliphatic imine (C=N–C) groups is 4. The molecule has 30 heavy (non-hydrogen) atoms. The predicted molar refractivity (Wildman–Crippen MR) is 103 cm³/mol. The van der Waals surface area contributed by atoms with E-state index >= 15 is 0 Å². The first-order valence-electron chi connectivity index (χ1n) is 7.78. The average molecular weight is 390 g/mol. The highest BCUT2D eigenvalue weighted by molar-refractivity contribution is 6.54. The lowest BCUT2D eigenvalue weighted by atomic mass is 9.97. The molecule has 0 fully saturated rings. The smallest absolute Gasteiger partial charge is 0.176 e. The van der Waals surface area contributed by atoms with Gasteiger partial charge in [-0.2, -0.15) is 31.6 Å². The van der Waals surface area contributed by atoms with Crippen LogP contribution in [0.25, 0.3) is 0 Å². The van der Waals surface area contributed by atoms with Crippen LogP contribution in [0.15, 0.2) is 43.5 Å². The first kappa shape index (κ1) is 20.7. The van der Waals surface area contributed by atoms with E-state index in [2.05, 4.69) is 20.0 Å². The van der Waals surface area contributed by atoms with E-state index in [4.69, 9.17) is 42.4 Å². The van der Waals surface area contributed by atoms with E-state index in [9.17, 15) is 0 Å². The summed E-state index contributed by atoms with van der Waals surface area (Å²) in [5.41, 5.74) is -3.09. The molecule has 138 valence electrons. The van der Waals surface area contributed by atoms with Crippen LogP contribution in [-0.2, 0) is 0 Å². The minimum absolute atomic E-state index is 0.0806. The molecule has 2 rings (SSSR count). The summed E-state index contributed by atoms with van der Waals surface area (Å²) < 4.78 is 0. The van der Waals surface area contributed by atoms with Gasteiger partial charge in [0.15, 0.2) is 34.3 Å². The summed E-state index contributed by atoms with van der Waals surface area (Å²) in [7, 11) is 0. The third-order valence-corrected chi connectivity index (χ3v) is 3.64. The molecule has 1 aliphatic carbocycles. The van der Waals surface area contributed by atoms with Crippen LogP contribution < -0.4 is 0 Å². The summed E-state index contributed by atoms with van der Waals surface area (Å²) in [5.74, 6) is 0. The van der Waals surface area contributed by atoms with Gasteiger partial charge in [-0.25, -0.2) is 9.98 Å². The minimum Gasteiger partial charge on any atom is -0.288 e. The number of nitriles is 6. The highest BCUT2D eigenvalue weighted by Crippen LogP contribution is 2.28. The molecular formula is C18H6N12. The Morgan fingerprint density at radius 1 is 0.700 bits per heavy atom. The molecular weight excluding hydrogens is 384 g/mol. The molecule has 0 amide bonds. The van der Waals surface area contributed by atoms with Crippen LogP contribution in [0.3, 0.4) is 0 Å². The molecule has 0 spiro atoms. The lowest BCUT2D eigenvalue weighted by Gasteiger charge is -2.24. The van der Waals surface area contributed by atoms with Crippen LogP contribution in [0.5, 0.6) is 0 Å². The van der Waals surface area contributed by atoms with Crippen LogP contribution in [-0.4, -0.2) is 46.4 Å². The Morgan fingerprint density at radius 2 is 1.07 bits per heavy atom. The van der Waals surface area contributed by atoms with Crippen LogP contribution >= 0.6 is 0 Å². The Labute approximate surface area is 169 Å². The van der Waals surface area contributed by atoms with Gasteiger partial charge in [-0.15, -0.1) is 0 Å². The van der Waals surface area contributed by atoms with Gasteiger partial charge in [-0.3, -0.25) is 20.8 Å². The molecule has 2 N–H and O–H groups in total. The van der Waals surface area contributed by atoms with Gasteiger partial charge in [0.2, 0.25) is 0 Å². The molecule has 0 aromatic carbocycles. The van der Waals surface area contributed by atoms with E-state index in [0.29, 0.717) is 0 Å². The van der Waals surface area contributed by atoms with Crippen molar-refractivity contribution in [2.75, 3.05) is 0 Å². The molecule has 1 aliphatic heterocycles. The third-order valence-electron chi connectivity index (χ3n) is 3.64. The van der Waals surface area contributed by atoms with Crippen molar-refractivity contribution in [3.05, 3.63) is 23.5 Å². The Balaban J connectivity index is 2.72. The van der Waals surface area contributed by atoms with Crippen molar-refractivity contribution in [3.63, 3.8) is 0 Å². The average Bonchev–Trinajstić information content (AvgIpc) is 2.78. The van der Waals surface area contributed by atoms with Crippen molar-refractivity contribution in [2.24, 2.45) is 20.0 Å². The zero-order valence-corrected chi connectivity index (χ0v) is 14.8.